The fourth-order valence-corrected chi connectivity index (χ4v) is 2.88. The van der Waals surface area contributed by atoms with Crippen LogP contribution in [0.1, 0.15) is 24.2 Å². The minimum atomic E-state index is -0.406. The van der Waals surface area contributed by atoms with Crippen molar-refractivity contribution in [2.75, 3.05) is 35.7 Å². The van der Waals surface area contributed by atoms with Crippen molar-refractivity contribution in [3.05, 3.63) is 60.3 Å². The van der Waals surface area contributed by atoms with Crippen molar-refractivity contribution in [3.63, 3.8) is 0 Å². The lowest BCUT2D eigenvalue weighted by Gasteiger charge is -2.21. The van der Waals surface area contributed by atoms with Crippen molar-refractivity contribution in [3.8, 4) is 0 Å². The summed E-state index contributed by atoms with van der Waals surface area (Å²) in [7, 11) is 1.35. The van der Waals surface area contributed by atoms with Crippen LogP contribution in [0, 0.1) is 0 Å². The zero-order chi connectivity index (χ0) is 20.6. The number of esters is 1. The van der Waals surface area contributed by atoms with E-state index in [1.54, 1.807) is 24.4 Å². The quantitative estimate of drug-likeness (QED) is 0.556. The molecule has 150 valence electrons. The monoisotopic (exact) mass is 392 g/mol. The van der Waals surface area contributed by atoms with Gasteiger partial charge in [0.1, 0.15) is 0 Å². The summed E-state index contributed by atoms with van der Waals surface area (Å²) in [5.74, 6) is 0.468. The van der Waals surface area contributed by atoms with Crippen LogP contribution in [0.2, 0.25) is 0 Å². The Morgan fingerprint density at radius 3 is 2.48 bits per heavy atom. The molecule has 0 bridgehead atoms. The van der Waals surface area contributed by atoms with Crippen molar-refractivity contribution in [1.29, 1.82) is 0 Å². The predicted octanol–water partition coefficient (Wildman–Crippen LogP) is 3.99. The Morgan fingerprint density at radius 2 is 1.79 bits per heavy atom. The Bertz CT molecular complexity index is 957. The first-order chi connectivity index (χ1) is 14.1. The number of carbonyl (C=O) groups is 1. The normalized spacial score (nSPS) is 10.3. The van der Waals surface area contributed by atoms with Crippen molar-refractivity contribution in [2.45, 2.75) is 13.8 Å². The standard InChI is InChI=1S/C21H24N6O2/c1-4-27(5-2)18-11-9-16(10-12-18)23-19-14-22-26-21(25-19)24-17-8-6-7-15(13-17)20(28)29-3/h6-14H,4-5H2,1-3H3,(H2,23,24,25,26). The van der Waals surface area contributed by atoms with Gasteiger partial charge >= 0.3 is 5.97 Å². The Balaban J connectivity index is 1.71. The summed E-state index contributed by atoms with van der Waals surface area (Å²) in [6.45, 7) is 6.20. The molecule has 2 N–H and O–H groups in total. The van der Waals surface area contributed by atoms with Crippen LogP contribution in [0.4, 0.5) is 28.8 Å². The summed E-state index contributed by atoms with van der Waals surface area (Å²) < 4.78 is 4.74. The van der Waals surface area contributed by atoms with E-state index in [1.807, 2.05) is 18.2 Å². The van der Waals surface area contributed by atoms with Gasteiger partial charge in [-0.15, -0.1) is 5.10 Å². The number of benzene rings is 2. The minimum Gasteiger partial charge on any atom is -0.465 e. The Kier molecular flexibility index (Phi) is 6.57. The third-order valence-electron chi connectivity index (χ3n) is 4.37. The van der Waals surface area contributed by atoms with E-state index < -0.39 is 5.97 Å². The number of hydrogen-bond donors (Lipinski definition) is 2. The zero-order valence-corrected chi connectivity index (χ0v) is 16.7. The van der Waals surface area contributed by atoms with Gasteiger partial charge in [0.15, 0.2) is 5.82 Å². The molecule has 1 aromatic heterocycles. The van der Waals surface area contributed by atoms with E-state index in [-0.39, 0.29) is 0 Å². The molecule has 0 saturated carbocycles. The Morgan fingerprint density at radius 1 is 1.03 bits per heavy atom. The largest absolute Gasteiger partial charge is 0.465 e. The number of aromatic nitrogens is 3. The highest BCUT2D eigenvalue weighted by Gasteiger charge is 2.08. The molecule has 0 aliphatic carbocycles. The van der Waals surface area contributed by atoms with Gasteiger partial charge in [-0.05, 0) is 56.3 Å². The van der Waals surface area contributed by atoms with E-state index in [2.05, 4.69) is 56.7 Å². The summed E-state index contributed by atoms with van der Waals surface area (Å²) in [5.41, 5.74) is 3.18. The third kappa shape index (κ3) is 5.19. The minimum absolute atomic E-state index is 0.316. The molecule has 0 aliphatic rings. The highest BCUT2D eigenvalue weighted by atomic mass is 16.5. The number of methoxy groups -OCH3 is 1. The van der Waals surface area contributed by atoms with Gasteiger partial charge in [0.2, 0.25) is 5.95 Å². The summed E-state index contributed by atoms with van der Waals surface area (Å²) in [4.78, 5) is 18.4. The molecule has 3 rings (SSSR count). The molecule has 0 unspecified atom stereocenters. The zero-order valence-electron chi connectivity index (χ0n) is 16.7. The van der Waals surface area contributed by atoms with Gasteiger partial charge in [-0.2, -0.15) is 10.1 Å². The maximum absolute atomic E-state index is 11.7. The number of carbonyl (C=O) groups excluding carboxylic acids is 1. The first kappa shape index (κ1) is 20.1. The summed E-state index contributed by atoms with van der Waals surface area (Å²) in [6.07, 6.45) is 1.55. The highest BCUT2D eigenvalue weighted by molar-refractivity contribution is 5.90. The molecule has 0 radical (unpaired) electrons. The van der Waals surface area contributed by atoms with E-state index in [0.29, 0.717) is 23.0 Å². The van der Waals surface area contributed by atoms with Crippen LogP contribution in [-0.2, 0) is 4.74 Å². The maximum atomic E-state index is 11.7. The lowest BCUT2D eigenvalue weighted by molar-refractivity contribution is 0.0601. The van der Waals surface area contributed by atoms with Gasteiger partial charge in [-0.25, -0.2) is 4.79 Å². The molecule has 29 heavy (non-hydrogen) atoms. The van der Waals surface area contributed by atoms with E-state index in [1.165, 1.54) is 12.8 Å². The van der Waals surface area contributed by atoms with E-state index in [4.69, 9.17) is 4.74 Å². The van der Waals surface area contributed by atoms with Crippen LogP contribution in [0.3, 0.4) is 0 Å². The van der Waals surface area contributed by atoms with Crippen LogP contribution >= 0.6 is 0 Å². The van der Waals surface area contributed by atoms with E-state index in [9.17, 15) is 4.79 Å². The lowest BCUT2D eigenvalue weighted by atomic mass is 10.2. The van der Waals surface area contributed by atoms with Crippen LogP contribution < -0.4 is 15.5 Å². The molecule has 0 spiro atoms. The number of hydrogen-bond acceptors (Lipinski definition) is 8. The topological polar surface area (TPSA) is 92.3 Å². The molecular weight excluding hydrogens is 368 g/mol. The number of rotatable bonds is 8. The molecule has 3 aromatic rings. The molecule has 2 aromatic carbocycles. The number of anilines is 5. The molecule has 0 atom stereocenters. The fraction of sp³-hybridized carbons (Fsp3) is 0.238. The smallest absolute Gasteiger partial charge is 0.337 e. The molecule has 0 saturated heterocycles. The molecule has 0 aliphatic heterocycles. The highest BCUT2D eigenvalue weighted by Crippen LogP contribution is 2.21. The van der Waals surface area contributed by atoms with Gasteiger partial charge in [0.25, 0.3) is 0 Å². The number of nitrogens with zero attached hydrogens (tertiary/aromatic N) is 4. The first-order valence-corrected chi connectivity index (χ1v) is 9.40. The third-order valence-corrected chi connectivity index (χ3v) is 4.37. The van der Waals surface area contributed by atoms with Gasteiger partial charge in [-0.3, -0.25) is 0 Å². The summed E-state index contributed by atoms with van der Waals surface area (Å²) >= 11 is 0. The van der Waals surface area contributed by atoms with Crippen molar-refractivity contribution < 1.29 is 9.53 Å². The number of ether oxygens (including phenoxy) is 1. The predicted molar refractivity (Wildman–Crippen MR) is 114 cm³/mol. The summed E-state index contributed by atoms with van der Waals surface area (Å²) in [5, 5.41) is 14.3. The Hall–Kier alpha value is -3.68. The first-order valence-electron chi connectivity index (χ1n) is 9.40. The van der Waals surface area contributed by atoms with Crippen LogP contribution in [-0.4, -0.2) is 41.3 Å². The van der Waals surface area contributed by atoms with Crippen LogP contribution in [0.25, 0.3) is 0 Å². The van der Waals surface area contributed by atoms with E-state index in [0.717, 1.165) is 18.8 Å². The van der Waals surface area contributed by atoms with Gasteiger partial charge in [0, 0.05) is 30.2 Å². The second-order valence-corrected chi connectivity index (χ2v) is 6.21. The SMILES string of the molecule is CCN(CC)c1ccc(Nc2cnnc(Nc3cccc(C(=O)OC)c3)n2)cc1. The number of nitrogens with one attached hydrogen (secondary N) is 2. The molecule has 8 heteroatoms. The van der Waals surface area contributed by atoms with Gasteiger partial charge in [-0.1, -0.05) is 6.07 Å². The maximum Gasteiger partial charge on any atom is 0.337 e. The van der Waals surface area contributed by atoms with Crippen LogP contribution in [0.5, 0.6) is 0 Å². The summed E-state index contributed by atoms with van der Waals surface area (Å²) in [6, 6.07) is 15.1. The molecule has 8 nitrogen and oxygen atoms in total. The second-order valence-electron chi connectivity index (χ2n) is 6.21. The average molecular weight is 392 g/mol. The molecule has 1 heterocycles. The van der Waals surface area contributed by atoms with Gasteiger partial charge < -0.3 is 20.3 Å². The second kappa shape index (κ2) is 9.50. The van der Waals surface area contributed by atoms with Crippen molar-refractivity contribution in [2.24, 2.45) is 0 Å². The molecular formula is C21H24N6O2. The van der Waals surface area contributed by atoms with Crippen LogP contribution in [0.15, 0.2) is 54.7 Å². The average Bonchev–Trinajstić information content (AvgIpc) is 2.75. The Labute approximate surface area is 169 Å². The van der Waals surface area contributed by atoms with Crippen molar-refractivity contribution in [1.82, 2.24) is 15.2 Å². The lowest BCUT2D eigenvalue weighted by Crippen LogP contribution is -2.21. The van der Waals surface area contributed by atoms with E-state index >= 15 is 0 Å². The van der Waals surface area contributed by atoms with Crippen molar-refractivity contribution >= 4 is 34.8 Å². The fourth-order valence-electron chi connectivity index (χ4n) is 2.88. The molecule has 0 fully saturated rings. The molecule has 0 amide bonds. The van der Waals surface area contributed by atoms with Gasteiger partial charge in [0.05, 0.1) is 18.9 Å².